The maximum atomic E-state index is 9.98. The van der Waals surface area contributed by atoms with Crippen LogP contribution in [-0.2, 0) is 31.3 Å². The molecule has 17 heavy (non-hydrogen) atoms. The number of rotatable bonds is 2. The van der Waals surface area contributed by atoms with E-state index in [9.17, 15) is 19.8 Å². The summed E-state index contributed by atoms with van der Waals surface area (Å²) < 4.78 is 0. The van der Waals surface area contributed by atoms with E-state index in [0.717, 1.165) is 12.2 Å². The Hall–Kier alpha value is -0.286. The Labute approximate surface area is 129 Å². The summed E-state index contributed by atoms with van der Waals surface area (Å²) in [5.74, 6) is -0.750. The summed E-state index contributed by atoms with van der Waals surface area (Å²) in [5.41, 5.74) is 0. The second kappa shape index (κ2) is 18.1. The largest absolute Gasteiger partial charge is 4.00 e. The first-order valence-electron chi connectivity index (χ1n) is 3.97. The standard InChI is InChI=1S/2C5H8O2.2ClH.Ti/c2*1-4(6)3-5(2)7;;;/h2*3,6H,1-2H3;2*1H;/q;;;;+4/p-4. The van der Waals surface area contributed by atoms with Crippen molar-refractivity contribution >= 4 is 11.6 Å². The van der Waals surface area contributed by atoms with Crippen LogP contribution < -0.4 is 35.0 Å². The van der Waals surface area contributed by atoms with Gasteiger partial charge in [0.25, 0.3) is 0 Å². The molecule has 0 rings (SSSR count). The van der Waals surface area contributed by atoms with Gasteiger partial charge in [-0.1, -0.05) is 13.8 Å². The predicted octanol–water partition coefficient (Wildman–Crippen LogP) is -6.32. The molecule has 96 valence electrons. The molecule has 0 fully saturated rings. The molecule has 0 aliphatic rings. The van der Waals surface area contributed by atoms with Crippen molar-refractivity contribution in [2.24, 2.45) is 0 Å². The summed E-state index contributed by atoms with van der Waals surface area (Å²) in [7, 11) is 0. The van der Waals surface area contributed by atoms with Crippen LogP contribution in [0.5, 0.6) is 0 Å². The molecule has 0 spiro atoms. The fraction of sp³-hybridized carbons (Fsp3) is 0.400. The summed E-state index contributed by atoms with van der Waals surface area (Å²) >= 11 is 0. The van der Waals surface area contributed by atoms with E-state index in [1.165, 1.54) is 27.7 Å². The maximum Gasteiger partial charge on any atom is 4.00 e. The number of allylic oxidation sites excluding steroid dienone is 4. The summed E-state index contributed by atoms with van der Waals surface area (Å²) in [5, 5.41) is 20.0. The van der Waals surface area contributed by atoms with E-state index in [0.29, 0.717) is 0 Å². The van der Waals surface area contributed by atoms with Gasteiger partial charge in [0.05, 0.1) is 0 Å². The first kappa shape index (κ1) is 30.1. The minimum Gasteiger partial charge on any atom is -1.00 e. The van der Waals surface area contributed by atoms with Crippen molar-refractivity contribution in [3.8, 4) is 0 Å². The van der Waals surface area contributed by atoms with E-state index < -0.39 is 0 Å². The number of carbonyl (C=O) groups is 2. The van der Waals surface area contributed by atoms with Crippen LogP contribution in [0, 0.1) is 0 Å². The third-order valence-corrected chi connectivity index (χ3v) is 0.813. The molecule has 0 saturated heterocycles. The number of ketones is 2. The molecule has 0 radical (unpaired) electrons. The molecule has 0 aromatic carbocycles. The van der Waals surface area contributed by atoms with E-state index in [2.05, 4.69) is 0 Å². The van der Waals surface area contributed by atoms with E-state index in [-0.39, 0.29) is 69.6 Å². The van der Waals surface area contributed by atoms with E-state index in [4.69, 9.17) is 0 Å². The Kier molecular flexibility index (Phi) is 32.0. The molecule has 0 aromatic heterocycles. The molecular weight excluding hydrogens is 303 g/mol. The van der Waals surface area contributed by atoms with Crippen LogP contribution in [0.3, 0.4) is 0 Å². The second-order valence-electron chi connectivity index (χ2n) is 2.73. The van der Waals surface area contributed by atoms with Gasteiger partial charge in [-0.15, -0.1) is 11.5 Å². The fourth-order valence-electron chi connectivity index (χ4n) is 0.572. The smallest absolute Gasteiger partial charge is 1.00 e. The van der Waals surface area contributed by atoms with Crippen molar-refractivity contribution in [2.75, 3.05) is 0 Å². The first-order valence-corrected chi connectivity index (χ1v) is 3.97. The Morgan fingerprint density at radius 2 is 0.941 bits per heavy atom. The van der Waals surface area contributed by atoms with Gasteiger partial charge in [0.15, 0.2) is 11.6 Å². The van der Waals surface area contributed by atoms with Crippen molar-refractivity contribution in [3.05, 3.63) is 23.7 Å². The van der Waals surface area contributed by atoms with Gasteiger partial charge in [-0.05, 0) is 26.0 Å². The van der Waals surface area contributed by atoms with E-state index >= 15 is 0 Å². The molecule has 0 bridgehead atoms. The minimum absolute atomic E-state index is 0. The van der Waals surface area contributed by atoms with Gasteiger partial charge in [0.1, 0.15) is 0 Å². The quantitative estimate of drug-likeness (QED) is 0.288. The third kappa shape index (κ3) is 49.7. The molecule has 0 heterocycles. The van der Waals surface area contributed by atoms with E-state index in [1.807, 2.05) is 0 Å². The molecule has 0 unspecified atom stereocenters. The monoisotopic (exact) mass is 316 g/mol. The van der Waals surface area contributed by atoms with Crippen molar-refractivity contribution in [3.63, 3.8) is 0 Å². The van der Waals surface area contributed by atoms with Crippen LogP contribution in [0.2, 0.25) is 0 Å². The number of halogens is 2. The number of hydrogen-bond acceptors (Lipinski definition) is 4. The average Bonchev–Trinajstić information content (AvgIpc) is 1.79. The van der Waals surface area contributed by atoms with Crippen LogP contribution in [0.15, 0.2) is 23.7 Å². The van der Waals surface area contributed by atoms with Crippen molar-refractivity contribution < 1.29 is 66.3 Å². The third-order valence-electron chi connectivity index (χ3n) is 0.813. The molecular formula is C10H14Cl2O4Ti. The fourth-order valence-corrected chi connectivity index (χ4v) is 0.572. The summed E-state index contributed by atoms with van der Waals surface area (Å²) in [6.45, 7) is 5.39. The molecule has 0 aliphatic heterocycles. The van der Waals surface area contributed by atoms with Crippen molar-refractivity contribution in [1.82, 2.24) is 0 Å². The van der Waals surface area contributed by atoms with Crippen LogP contribution in [-0.4, -0.2) is 11.6 Å². The van der Waals surface area contributed by atoms with E-state index in [1.54, 1.807) is 0 Å². The van der Waals surface area contributed by atoms with Crippen LogP contribution in [0.25, 0.3) is 0 Å². The maximum absolute atomic E-state index is 9.98. The molecule has 7 heteroatoms. The molecule has 0 atom stereocenters. The molecule has 0 aliphatic carbocycles. The Bertz CT molecular complexity index is 239. The van der Waals surface area contributed by atoms with Gasteiger partial charge >= 0.3 is 21.7 Å². The van der Waals surface area contributed by atoms with Gasteiger partial charge in [-0.25, -0.2) is 0 Å². The predicted molar refractivity (Wildman–Crippen MR) is 48.9 cm³/mol. The number of carbonyl (C=O) groups excluding carboxylic acids is 2. The Morgan fingerprint density at radius 3 is 0.941 bits per heavy atom. The zero-order valence-corrected chi connectivity index (χ0v) is 13.1. The van der Waals surface area contributed by atoms with Gasteiger partial charge in [0, 0.05) is 0 Å². The zero-order valence-electron chi connectivity index (χ0n) is 10.0. The van der Waals surface area contributed by atoms with Crippen LogP contribution in [0.4, 0.5) is 0 Å². The summed E-state index contributed by atoms with van der Waals surface area (Å²) in [6.07, 6.45) is 2.11. The molecule has 0 amide bonds. The van der Waals surface area contributed by atoms with Gasteiger partial charge in [0.2, 0.25) is 0 Å². The molecule has 0 saturated carbocycles. The summed E-state index contributed by atoms with van der Waals surface area (Å²) in [6, 6.07) is 0. The molecule has 0 aromatic rings. The second-order valence-corrected chi connectivity index (χ2v) is 2.73. The van der Waals surface area contributed by atoms with Gasteiger partial charge in [-0.2, -0.15) is 0 Å². The molecule has 4 nitrogen and oxygen atoms in total. The average molecular weight is 317 g/mol. The topological polar surface area (TPSA) is 80.3 Å². The first-order chi connectivity index (χ1) is 6.25. The minimum atomic E-state index is -0.187. The van der Waals surface area contributed by atoms with Crippen molar-refractivity contribution in [1.29, 1.82) is 0 Å². The normalized spacial score (nSPS) is 9.41. The van der Waals surface area contributed by atoms with Crippen LogP contribution in [0.1, 0.15) is 27.7 Å². The molecule has 0 N–H and O–H groups in total. The summed E-state index contributed by atoms with van der Waals surface area (Å²) in [4.78, 5) is 20.0. The van der Waals surface area contributed by atoms with Gasteiger partial charge < -0.3 is 35.0 Å². The zero-order chi connectivity index (χ0) is 11.7. The van der Waals surface area contributed by atoms with Crippen molar-refractivity contribution in [2.45, 2.75) is 27.7 Å². The Balaban J connectivity index is -0.0000000480. The Morgan fingerprint density at radius 1 is 0.765 bits per heavy atom. The SMILES string of the molecule is CC(=O)C=C(C)[O-].CC(=O)C=C(C)[O-].[Cl-].[Cl-].[Ti+4]. The van der Waals surface area contributed by atoms with Crippen LogP contribution >= 0.6 is 0 Å². The number of hydrogen-bond donors (Lipinski definition) is 0. The van der Waals surface area contributed by atoms with Gasteiger partial charge in [-0.3, -0.25) is 9.59 Å².